The number of nitrogens with zero attached hydrogens (tertiary/aromatic N) is 3. The molecule has 5 rings (SSSR count). The van der Waals surface area contributed by atoms with E-state index in [9.17, 15) is 19.5 Å². The Kier molecular flexibility index (Phi) is 6.82. The van der Waals surface area contributed by atoms with E-state index in [2.05, 4.69) is 40.7 Å². The largest absolute Gasteiger partial charge is 0.395 e. The summed E-state index contributed by atoms with van der Waals surface area (Å²) in [6.07, 6.45) is 8.94. The van der Waals surface area contributed by atoms with E-state index < -0.39 is 32.9 Å². The van der Waals surface area contributed by atoms with Crippen LogP contribution in [0.2, 0.25) is 0 Å². The number of fused-ring (bicyclic) bond motifs is 2. The van der Waals surface area contributed by atoms with E-state index in [-0.39, 0.29) is 36.3 Å². The summed E-state index contributed by atoms with van der Waals surface area (Å²) in [5.41, 5.74) is 0.338. The monoisotopic (exact) mass is 551 g/mol. The van der Waals surface area contributed by atoms with Crippen molar-refractivity contribution in [2.24, 2.45) is 17.3 Å². The number of aliphatic hydroxyl groups is 1. The lowest BCUT2D eigenvalue weighted by Crippen LogP contribution is -2.59. The normalized spacial score (nSPS) is 32.7. The molecular formula is C31H41N3O4S. The molecule has 1 N–H and O–H groups in total. The van der Waals surface area contributed by atoms with Gasteiger partial charge in [-0.2, -0.15) is 0 Å². The SMILES string of the molecule is CC(C)(C)CC(C)(C)N1CC=C[C@]23S[C@]4(C)C=CCN(c5ccccc5)C(=O)[C@@H]4[C@H]2C(=O)N(CCO)C3C1=O. The van der Waals surface area contributed by atoms with Gasteiger partial charge in [0.25, 0.3) is 0 Å². The average Bonchev–Trinajstić information content (AvgIpc) is 3.09. The molecule has 7 nitrogen and oxygen atoms in total. The number of anilines is 1. The van der Waals surface area contributed by atoms with Gasteiger partial charge in [0, 0.05) is 35.6 Å². The molecule has 4 aliphatic heterocycles. The third-order valence-electron chi connectivity index (χ3n) is 8.66. The maximum Gasteiger partial charge on any atom is 0.247 e. The average molecular weight is 552 g/mol. The smallest absolute Gasteiger partial charge is 0.247 e. The van der Waals surface area contributed by atoms with Gasteiger partial charge >= 0.3 is 0 Å². The Morgan fingerprint density at radius 3 is 2.23 bits per heavy atom. The zero-order valence-electron chi connectivity index (χ0n) is 23.9. The van der Waals surface area contributed by atoms with Gasteiger partial charge in [-0.05, 0) is 44.7 Å². The molecule has 1 aromatic rings. The summed E-state index contributed by atoms with van der Waals surface area (Å²) in [7, 11) is 0. The third-order valence-corrected chi connectivity index (χ3v) is 10.5. The summed E-state index contributed by atoms with van der Waals surface area (Å²) in [6.45, 7) is 13.4. The van der Waals surface area contributed by atoms with Gasteiger partial charge in [0.1, 0.15) is 6.04 Å². The molecule has 4 aliphatic rings. The van der Waals surface area contributed by atoms with Crippen LogP contribution in [0.15, 0.2) is 54.6 Å². The fourth-order valence-electron chi connectivity index (χ4n) is 7.65. The lowest BCUT2D eigenvalue weighted by molar-refractivity contribution is -0.146. The van der Waals surface area contributed by atoms with Crippen LogP contribution in [0.25, 0.3) is 0 Å². The van der Waals surface area contributed by atoms with E-state index in [0.717, 1.165) is 12.1 Å². The van der Waals surface area contributed by atoms with Crippen molar-refractivity contribution in [3.05, 3.63) is 54.6 Å². The Morgan fingerprint density at radius 1 is 0.923 bits per heavy atom. The molecule has 1 unspecified atom stereocenters. The van der Waals surface area contributed by atoms with E-state index in [1.807, 2.05) is 60.4 Å². The van der Waals surface area contributed by atoms with Gasteiger partial charge in [-0.15, -0.1) is 11.8 Å². The maximum absolute atomic E-state index is 14.6. The molecule has 1 spiro atoms. The molecule has 1 aromatic carbocycles. The highest BCUT2D eigenvalue weighted by molar-refractivity contribution is 8.02. The second kappa shape index (κ2) is 9.51. The number of para-hydroxylation sites is 1. The van der Waals surface area contributed by atoms with Crippen LogP contribution in [0.3, 0.4) is 0 Å². The van der Waals surface area contributed by atoms with Gasteiger partial charge in [-0.3, -0.25) is 14.4 Å². The van der Waals surface area contributed by atoms with Gasteiger partial charge in [0.05, 0.1) is 23.2 Å². The molecule has 3 amide bonds. The van der Waals surface area contributed by atoms with Crippen molar-refractivity contribution in [1.82, 2.24) is 9.80 Å². The van der Waals surface area contributed by atoms with Gasteiger partial charge in [0.15, 0.2) is 0 Å². The van der Waals surface area contributed by atoms with Crippen molar-refractivity contribution >= 4 is 35.2 Å². The highest BCUT2D eigenvalue weighted by atomic mass is 32.2. The summed E-state index contributed by atoms with van der Waals surface area (Å²) in [5, 5.41) is 9.97. The second-order valence-corrected chi connectivity index (χ2v) is 15.1. The first kappa shape index (κ1) is 28.0. The maximum atomic E-state index is 14.6. The number of carbonyl (C=O) groups is 3. The number of hydrogen-bond acceptors (Lipinski definition) is 5. The van der Waals surface area contributed by atoms with Crippen LogP contribution in [-0.4, -0.2) is 79.9 Å². The van der Waals surface area contributed by atoms with Crippen molar-refractivity contribution in [1.29, 1.82) is 0 Å². The van der Waals surface area contributed by atoms with E-state index in [0.29, 0.717) is 13.1 Å². The van der Waals surface area contributed by atoms with Crippen LogP contribution < -0.4 is 4.90 Å². The van der Waals surface area contributed by atoms with Crippen LogP contribution in [0.4, 0.5) is 5.69 Å². The number of thioether (sulfide) groups is 1. The topological polar surface area (TPSA) is 81.2 Å². The molecule has 0 saturated carbocycles. The van der Waals surface area contributed by atoms with Gasteiger partial charge < -0.3 is 19.8 Å². The van der Waals surface area contributed by atoms with Crippen LogP contribution in [0.5, 0.6) is 0 Å². The molecule has 0 aromatic heterocycles. The van der Waals surface area contributed by atoms with Crippen molar-refractivity contribution < 1.29 is 19.5 Å². The Balaban J connectivity index is 1.61. The van der Waals surface area contributed by atoms with Crippen molar-refractivity contribution in [2.75, 3.05) is 31.1 Å². The molecule has 0 aliphatic carbocycles. The molecular weight excluding hydrogens is 510 g/mol. The molecule has 5 atom stereocenters. The fraction of sp³-hybridized carbons (Fsp3) is 0.581. The van der Waals surface area contributed by atoms with Gasteiger partial charge in [-0.25, -0.2) is 0 Å². The zero-order valence-corrected chi connectivity index (χ0v) is 24.7. The standard InChI is InChI=1S/C31H41N3O4S/c1-28(2,3)20-29(4,5)34-17-11-15-31-23(26(37)33(18-19-35)24(31)27(34)38)22-25(36)32(21-12-8-7-9-13-21)16-10-14-30(22,6)39-31/h7-15,22-24,35H,16-20H2,1-6H3/t22-,23-,24?,30+,31-/m0/s1. The number of amides is 3. The first-order valence-corrected chi connectivity index (χ1v) is 14.7. The van der Waals surface area contributed by atoms with E-state index >= 15 is 0 Å². The van der Waals surface area contributed by atoms with Gasteiger partial charge in [0.2, 0.25) is 17.7 Å². The summed E-state index contributed by atoms with van der Waals surface area (Å²) < 4.78 is -1.57. The minimum atomic E-state index is -0.908. The Hall–Kier alpha value is -2.58. The molecule has 8 heteroatoms. The first-order valence-electron chi connectivity index (χ1n) is 13.9. The number of hydrogen-bond donors (Lipinski definition) is 1. The van der Waals surface area contributed by atoms with Crippen LogP contribution in [0.1, 0.15) is 48.0 Å². The summed E-state index contributed by atoms with van der Waals surface area (Å²) in [5.74, 6) is -1.79. The summed E-state index contributed by atoms with van der Waals surface area (Å²) in [4.78, 5) is 48.4. The highest BCUT2D eigenvalue weighted by Crippen LogP contribution is 2.65. The van der Waals surface area contributed by atoms with Crippen LogP contribution in [-0.2, 0) is 14.4 Å². The molecule has 0 radical (unpaired) electrons. The van der Waals surface area contributed by atoms with Crippen molar-refractivity contribution in [3.8, 4) is 0 Å². The molecule has 4 heterocycles. The minimum absolute atomic E-state index is 0.00279. The summed E-state index contributed by atoms with van der Waals surface area (Å²) >= 11 is 1.58. The Labute approximate surface area is 236 Å². The quantitative estimate of drug-likeness (QED) is 0.562. The number of benzene rings is 1. The van der Waals surface area contributed by atoms with E-state index in [1.165, 1.54) is 0 Å². The lowest BCUT2D eigenvalue weighted by Gasteiger charge is -2.44. The van der Waals surface area contributed by atoms with E-state index in [4.69, 9.17) is 0 Å². The second-order valence-electron chi connectivity index (χ2n) is 13.3. The highest BCUT2D eigenvalue weighted by Gasteiger charge is 2.74. The van der Waals surface area contributed by atoms with Crippen LogP contribution in [0, 0.1) is 17.3 Å². The number of β-amino-alcohol motifs (C(OH)–C–C–N with tert-alkyl or cyclic N) is 1. The Morgan fingerprint density at radius 2 is 1.59 bits per heavy atom. The third kappa shape index (κ3) is 4.44. The number of aliphatic hydroxyl groups excluding tert-OH is 1. The predicted octanol–water partition coefficient (Wildman–Crippen LogP) is 3.88. The fourth-order valence-corrected chi connectivity index (χ4v) is 9.80. The van der Waals surface area contributed by atoms with Crippen molar-refractivity contribution in [3.63, 3.8) is 0 Å². The predicted molar refractivity (Wildman–Crippen MR) is 155 cm³/mol. The first-order chi connectivity index (χ1) is 18.3. The van der Waals surface area contributed by atoms with Crippen molar-refractivity contribution in [2.45, 2.75) is 69.0 Å². The van der Waals surface area contributed by atoms with Crippen LogP contribution >= 0.6 is 11.8 Å². The molecule has 0 bridgehead atoms. The zero-order chi connectivity index (χ0) is 28.4. The molecule has 39 heavy (non-hydrogen) atoms. The number of carbonyl (C=O) groups excluding carboxylic acids is 3. The number of rotatable bonds is 5. The lowest BCUT2D eigenvalue weighted by atomic mass is 9.74. The van der Waals surface area contributed by atoms with Gasteiger partial charge in [-0.1, -0.05) is 63.3 Å². The minimum Gasteiger partial charge on any atom is -0.395 e. The molecule has 2 fully saturated rings. The summed E-state index contributed by atoms with van der Waals surface area (Å²) in [6, 6.07) is 8.75. The number of likely N-dealkylation sites (tertiary alicyclic amines) is 1. The van der Waals surface area contributed by atoms with E-state index in [1.54, 1.807) is 21.6 Å². The molecule has 210 valence electrons. The molecule has 2 saturated heterocycles. The Bertz CT molecular complexity index is 1220.